The summed E-state index contributed by atoms with van der Waals surface area (Å²) in [6.45, 7) is 25.2. The predicted molar refractivity (Wildman–Crippen MR) is 178 cm³/mol. The summed E-state index contributed by atoms with van der Waals surface area (Å²) in [4.78, 5) is 30.3. The van der Waals surface area contributed by atoms with Gasteiger partial charge in [0.25, 0.3) is 0 Å². The van der Waals surface area contributed by atoms with E-state index in [0.29, 0.717) is 36.1 Å². The van der Waals surface area contributed by atoms with Gasteiger partial charge in [0.2, 0.25) is 5.91 Å². The quantitative estimate of drug-likeness (QED) is 0.189. The second-order valence-corrected chi connectivity index (χ2v) is 18.2. The van der Waals surface area contributed by atoms with Gasteiger partial charge < -0.3 is 15.0 Å². The molecule has 1 heterocycles. The van der Waals surface area contributed by atoms with E-state index >= 15 is 0 Å². The summed E-state index contributed by atoms with van der Waals surface area (Å²) >= 11 is 0. The molecule has 4 unspecified atom stereocenters. The lowest BCUT2D eigenvalue weighted by Gasteiger charge is -2.71. The Kier molecular flexibility index (Phi) is 7.87. The molecule has 6 aliphatic rings. The molecule has 1 amide bonds. The average molecular weight is 607 g/mol. The van der Waals surface area contributed by atoms with Crippen LogP contribution in [0.25, 0.3) is 0 Å². The molecule has 246 valence electrons. The van der Waals surface area contributed by atoms with E-state index in [1.54, 1.807) is 5.57 Å². The molecule has 1 saturated heterocycles. The first-order chi connectivity index (χ1) is 20.6. The Balaban J connectivity index is 1.33. The van der Waals surface area contributed by atoms with Gasteiger partial charge in [-0.2, -0.15) is 0 Å². The fraction of sp³-hybridized carbons (Fsp3) is 0.846. The van der Waals surface area contributed by atoms with Crippen molar-refractivity contribution in [3.63, 3.8) is 0 Å². The Labute approximate surface area is 268 Å². The van der Waals surface area contributed by atoms with E-state index < -0.39 is 11.3 Å². The topological polar surface area (TPSA) is 58.6 Å². The molecule has 44 heavy (non-hydrogen) atoms. The number of carbonyl (C=O) groups is 2. The maximum atomic E-state index is 14.1. The first-order valence-electron chi connectivity index (χ1n) is 18.0. The molecule has 5 heteroatoms. The number of methoxy groups -OCH3 is 1. The fourth-order valence-corrected chi connectivity index (χ4v) is 12.6. The van der Waals surface area contributed by atoms with E-state index in [9.17, 15) is 9.59 Å². The van der Waals surface area contributed by atoms with Crippen LogP contribution in [0.15, 0.2) is 24.0 Å². The maximum absolute atomic E-state index is 14.1. The van der Waals surface area contributed by atoms with Crippen molar-refractivity contribution in [1.82, 2.24) is 10.2 Å². The van der Waals surface area contributed by atoms with Crippen LogP contribution in [-0.2, 0) is 14.3 Å². The van der Waals surface area contributed by atoms with Gasteiger partial charge >= 0.3 is 0 Å². The number of ether oxygens (including phenoxy) is 1. The third-order valence-electron chi connectivity index (χ3n) is 15.4. The Morgan fingerprint density at radius 2 is 1.66 bits per heavy atom. The number of nitrogens with zero attached hydrogens (tertiary/aromatic N) is 1. The zero-order chi connectivity index (χ0) is 31.9. The third kappa shape index (κ3) is 4.54. The van der Waals surface area contributed by atoms with Crippen molar-refractivity contribution in [3.8, 4) is 0 Å². The number of rotatable bonds is 6. The Morgan fingerprint density at radius 1 is 0.977 bits per heavy atom. The number of carbonyl (C=O) groups excluding carboxylic acids is 2. The number of hydrogen-bond acceptors (Lipinski definition) is 4. The van der Waals surface area contributed by atoms with Crippen LogP contribution < -0.4 is 5.32 Å². The van der Waals surface area contributed by atoms with Crippen LogP contribution in [-0.4, -0.2) is 49.9 Å². The first kappa shape index (κ1) is 32.3. The van der Waals surface area contributed by atoms with Crippen LogP contribution >= 0.6 is 0 Å². The van der Waals surface area contributed by atoms with Crippen molar-refractivity contribution in [2.24, 2.45) is 56.2 Å². The van der Waals surface area contributed by atoms with Crippen LogP contribution in [0.5, 0.6) is 0 Å². The zero-order valence-electron chi connectivity index (χ0n) is 29.4. The molecule has 6 rings (SSSR count). The molecule has 0 aromatic rings. The molecule has 0 bridgehead atoms. The van der Waals surface area contributed by atoms with Gasteiger partial charge in [0, 0.05) is 23.9 Å². The Hall–Kier alpha value is -1.62. The Bertz CT molecular complexity index is 1230. The Morgan fingerprint density at radius 3 is 2.34 bits per heavy atom. The molecule has 0 radical (unpaired) electrons. The molecule has 5 nitrogen and oxygen atoms in total. The SMILES string of the molecule is C=C(OC)[C@]12CCC(C)(C)CC1C1=CCC3[C@@]4(C)CC(C(=O)NCCN5CCCC5)C(=O)C(C)(C)C4CC[C@@]3(C)[C@]1(C)CC2. The summed E-state index contributed by atoms with van der Waals surface area (Å²) in [5.41, 5.74) is 1.68. The molecular weight excluding hydrogens is 544 g/mol. The van der Waals surface area contributed by atoms with Crippen LogP contribution in [0.4, 0.5) is 0 Å². The molecule has 1 N–H and O–H groups in total. The van der Waals surface area contributed by atoms with E-state index in [1.165, 1.54) is 25.7 Å². The average Bonchev–Trinajstić information content (AvgIpc) is 3.48. The van der Waals surface area contributed by atoms with Crippen molar-refractivity contribution in [2.45, 2.75) is 119 Å². The lowest BCUT2D eigenvalue weighted by atomic mass is 9.33. The highest BCUT2D eigenvalue weighted by molar-refractivity contribution is 6.04. The zero-order valence-corrected chi connectivity index (χ0v) is 29.4. The second kappa shape index (κ2) is 10.7. The minimum absolute atomic E-state index is 0.0301. The molecule has 5 fully saturated rings. The van der Waals surface area contributed by atoms with E-state index in [0.717, 1.165) is 63.9 Å². The van der Waals surface area contributed by atoms with Gasteiger partial charge in [-0.25, -0.2) is 0 Å². The summed E-state index contributed by atoms with van der Waals surface area (Å²) < 4.78 is 5.98. The monoisotopic (exact) mass is 606 g/mol. The fourth-order valence-electron chi connectivity index (χ4n) is 12.6. The van der Waals surface area contributed by atoms with E-state index in [4.69, 9.17) is 4.74 Å². The van der Waals surface area contributed by atoms with E-state index in [2.05, 4.69) is 71.3 Å². The minimum Gasteiger partial charge on any atom is -0.501 e. The highest BCUT2D eigenvalue weighted by atomic mass is 16.5. The summed E-state index contributed by atoms with van der Waals surface area (Å²) in [7, 11) is 1.82. The van der Waals surface area contributed by atoms with Crippen molar-refractivity contribution < 1.29 is 14.3 Å². The number of likely N-dealkylation sites (tertiary alicyclic amines) is 1. The summed E-state index contributed by atoms with van der Waals surface area (Å²) in [5, 5.41) is 3.22. The van der Waals surface area contributed by atoms with Crippen LogP contribution in [0.2, 0.25) is 0 Å². The van der Waals surface area contributed by atoms with Gasteiger partial charge in [0.1, 0.15) is 0 Å². The van der Waals surface area contributed by atoms with Gasteiger partial charge in [0.05, 0.1) is 18.8 Å². The summed E-state index contributed by atoms with van der Waals surface area (Å²) in [5.74, 6) is 1.81. The van der Waals surface area contributed by atoms with Gasteiger partial charge in [-0.15, -0.1) is 0 Å². The number of hydrogen-bond donors (Lipinski definition) is 1. The third-order valence-corrected chi connectivity index (χ3v) is 15.4. The molecule has 1 aliphatic heterocycles. The normalized spacial score (nSPS) is 44.4. The number of fused-ring (bicyclic) bond motifs is 7. The first-order valence-corrected chi connectivity index (χ1v) is 18.0. The van der Waals surface area contributed by atoms with Crippen molar-refractivity contribution >= 4 is 11.7 Å². The van der Waals surface area contributed by atoms with Gasteiger partial charge in [0.15, 0.2) is 5.78 Å². The largest absolute Gasteiger partial charge is 0.501 e. The van der Waals surface area contributed by atoms with Crippen LogP contribution in [0, 0.1) is 56.2 Å². The molecule has 0 aromatic carbocycles. The maximum Gasteiger partial charge on any atom is 0.230 e. The second-order valence-electron chi connectivity index (χ2n) is 18.2. The van der Waals surface area contributed by atoms with E-state index in [-0.39, 0.29) is 33.4 Å². The summed E-state index contributed by atoms with van der Waals surface area (Å²) in [6.07, 6.45) is 15.0. The molecule has 8 atom stereocenters. The number of nitrogens with one attached hydrogen (secondary N) is 1. The van der Waals surface area contributed by atoms with Crippen molar-refractivity contribution in [1.29, 1.82) is 0 Å². The highest BCUT2D eigenvalue weighted by Gasteiger charge is 2.70. The standard InChI is InChI=1S/C39H62N2O3/c1-26(44-9)39-18-16-34(2,3)25-29(39)28-12-13-31-36(6)24-27(33(43)40-20-23-41-21-10-11-22-41)32(42)35(4,5)30(36)14-15-38(31,8)37(28,7)17-19-39/h12,27,29-31H,1,10-11,13-25H2,2-9H3,(H,40,43)/t27?,29?,30?,31?,36-,37+,38+,39+/m0/s1. The van der Waals surface area contributed by atoms with Gasteiger partial charge in [-0.3, -0.25) is 9.59 Å². The summed E-state index contributed by atoms with van der Waals surface area (Å²) in [6, 6.07) is 0. The van der Waals surface area contributed by atoms with Crippen LogP contribution in [0.1, 0.15) is 119 Å². The predicted octanol–water partition coefficient (Wildman–Crippen LogP) is 7.96. The number of allylic oxidation sites excluding steroid dienone is 3. The lowest BCUT2D eigenvalue weighted by molar-refractivity contribution is -0.193. The number of ketones is 1. The van der Waals surface area contributed by atoms with Gasteiger partial charge in [-0.1, -0.05) is 66.7 Å². The number of Topliss-reactive ketones (excluding diaryl/α,β-unsaturated/α-hetero) is 1. The highest BCUT2D eigenvalue weighted by Crippen LogP contribution is 2.76. The van der Waals surface area contributed by atoms with E-state index in [1.807, 2.05) is 7.11 Å². The minimum atomic E-state index is -0.548. The molecule has 0 aromatic heterocycles. The van der Waals surface area contributed by atoms with Gasteiger partial charge in [-0.05, 0) is 123 Å². The molecule has 0 spiro atoms. The van der Waals surface area contributed by atoms with Crippen LogP contribution in [0.3, 0.4) is 0 Å². The molecule has 4 saturated carbocycles. The smallest absolute Gasteiger partial charge is 0.230 e. The molecule has 5 aliphatic carbocycles. The molecular formula is C39H62N2O3. The lowest BCUT2D eigenvalue weighted by Crippen LogP contribution is -2.66. The van der Waals surface area contributed by atoms with Crippen molar-refractivity contribution in [3.05, 3.63) is 24.0 Å². The van der Waals surface area contributed by atoms with Crippen molar-refractivity contribution in [2.75, 3.05) is 33.3 Å². The number of amides is 1.